The monoisotopic (exact) mass is 273 g/mol. The van der Waals surface area contributed by atoms with E-state index in [9.17, 15) is 0 Å². The third-order valence-electron chi connectivity index (χ3n) is 2.63. The first-order valence-electron chi connectivity index (χ1n) is 5.97. The average molecular weight is 273 g/mol. The fourth-order valence-corrected chi connectivity index (χ4v) is 2.47. The second-order valence-corrected chi connectivity index (χ2v) is 5.00. The summed E-state index contributed by atoms with van der Waals surface area (Å²) in [5.41, 5.74) is 1.20. The molecule has 2 aromatic rings. The molecular formula is C14H15N3OS. The summed E-state index contributed by atoms with van der Waals surface area (Å²) >= 11 is 1.61. The molecule has 0 aliphatic heterocycles. The number of nitrogens with zero attached hydrogens (tertiary/aromatic N) is 3. The van der Waals surface area contributed by atoms with E-state index in [4.69, 9.17) is 10.00 Å². The van der Waals surface area contributed by atoms with E-state index in [1.807, 2.05) is 30.5 Å². The Bertz CT molecular complexity index is 557. The number of ether oxygens (including phenoxy) is 1. The normalized spacial score (nSPS) is 10.1. The Hall–Kier alpha value is -1.93. The number of imidazole rings is 1. The number of benzene rings is 1. The Balaban J connectivity index is 2.02. The molecule has 0 amide bonds. The number of aromatic nitrogens is 2. The molecule has 0 aliphatic carbocycles. The summed E-state index contributed by atoms with van der Waals surface area (Å²) in [6, 6.07) is 10.1. The van der Waals surface area contributed by atoms with Crippen LogP contribution in [0.3, 0.4) is 0 Å². The summed E-state index contributed by atoms with van der Waals surface area (Å²) in [6.07, 6.45) is 4.29. The lowest BCUT2D eigenvalue weighted by molar-refractivity contribution is 0.414. The Morgan fingerprint density at radius 1 is 1.37 bits per heavy atom. The highest BCUT2D eigenvalue weighted by Gasteiger charge is 2.04. The topological polar surface area (TPSA) is 50.8 Å². The van der Waals surface area contributed by atoms with Gasteiger partial charge < -0.3 is 9.30 Å². The molecule has 2 rings (SSSR count). The molecule has 19 heavy (non-hydrogen) atoms. The fourth-order valence-electron chi connectivity index (χ4n) is 1.67. The summed E-state index contributed by atoms with van der Waals surface area (Å²) in [4.78, 5) is 4.31. The maximum atomic E-state index is 8.55. The molecule has 1 heterocycles. The van der Waals surface area contributed by atoms with Crippen LogP contribution in [0.1, 0.15) is 12.0 Å². The number of hydrogen-bond donors (Lipinski definition) is 0. The number of methoxy groups -OCH3 is 1. The second kappa shape index (κ2) is 6.86. The van der Waals surface area contributed by atoms with Gasteiger partial charge in [-0.25, -0.2) is 4.98 Å². The van der Waals surface area contributed by atoms with Gasteiger partial charge in [0.2, 0.25) is 0 Å². The van der Waals surface area contributed by atoms with E-state index in [-0.39, 0.29) is 0 Å². The van der Waals surface area contributed by atoms with Crippen LogP contribution in [0.5, 0.6) is 5.75 Å². The van der Waals surface area contributed by atoms with Gasteiger partial charge in [0.15, 0.2) is 5.16 Å². The van der Waals surface area contributed by atoms with Crippen molar-refractivity contribution in [2.75, 3.05) is 12.9 Å². The SMILES string of the molecule is COc1ccc(Cn2ccnc2SCCC#N)cc1. The molecule has 1 aromatic carbocycles. The van der Waals surface area contributed by atoms with Crippen molar-refractivity contribution in [3.63, 3.8) is 0 Å². The molecule has 98 valence electrons. The summed E-state index contributed by atoms with van der Waals surface area (Å²) in [5, 5.41) is 9.50. The van der Waals surface area contributed by atoms with Gasteiger partial charge in [-0.15, -0.1) is 0 Å². The largest absolute Gasteiger partial charge is 0.497 e. The predicted octanol–water partition coefficient (Wildman–Crippen LogP) is 2.95. The van der Waals surface area contributed by atoms with Crippen LogP contribution in [0.15, 0.2) is 41.8 Å². The van der Waals surface area contributed by atoms with Gasteiger partial charge in [-0.2, -0.15) is 5.26 Å². The molecule has 1 aromatic heterocycles. The zero-order valence-corrected chi connectivity index (χ0v) is 11.6. The average Bonchev–Trinajstić information content (AvgIpc) is 2.87. The first kappa shape index (κ1) is 13.5. The van der Waals surface area contributed by atoms with Crippen LogP contribution in [0.25, 0.3) is 0 Å². The Morgan fingerprint density at radius 2 is 2.16 bits per heavy atom. The van der Waals surface area contributed by atoms with Gasteiger partial charge in [-0.3, -0.25) is 0 Å². The third-order valence-corrected chi connectivity index (χ3v) is 3.64. The molecule has 0 radical (unpaired) electrons. The van der Waals surface area contributed by atoms with Crippen molar-refractivity contribution in [3.05, 3.63) is 42.2 Å². The van der Waals surface area contributed by atoms with Crippen molar-refractivity contribution in [3.8, 4) is 11.8 Å². The zero-order chi connectivity index (χ0) is 13.5. The number of hydrogen-bond acceptors (Lipinski definition) is 4. The minimum absolute atomic E-state index is 0.542. The summed E-state index contributed by atoms with van der Waals surface area (Å²) in [7, 11) is 1.66. The van der Waals surface area contributed by atoms with E-state index >= 15 is 0 Å². The lowest BCUT2D eigenvalue weighted by Gasteiger charge is -2.07. The van der Waals surface area contributed by atoms with E-state index in [1.165, 1.54) is 5.56 Å². The lowest BCUT2D eigenvalue weighted by atomic mass is 10.2. The first-order chi connectivity index (χ1) is 9.33. The maximum Gasteiger partial charge on any atom is 0.168 e. The first-order valence-corrected chi connectivity index (χ1v) is 6.96. The van der Waals surface area contributed by atoms with Crippen LogP contribution in [0, 0.1) is 11.3 Å². The van der Waals surface area contributed by atoms with Gasteiger partial charge in [0.25, 0.3) is 0 Å². The van der Waals surface area contributed by atoms with Crippen LogP contribution in [0.4, 0.5) is 0 Å². The highest BCUT2D eigenvalue weighted by molar-refractivity contribution is 7.99. The van der Waals surface area contributed by atoms with Gasteiger partial charge in [-0.1, -0.05) is 23.9 Å². The lowest BCUT2D eigenvalue weighted by Crippen LogP contribution is -2.00. The minimum Gasteiger partial charge on any atom is -0.497 e. The molecule has 4 nitrogen and oxygen atoms in total. The van der Waals surface area contributed by atoms with E-state index in [1.54, 1.807) is 25.1 Å². The van der Waals surface area contributed by atoms with Crippen molar-refractivity contribution in [2.45, 2.75) is 18.1 Å². The minimum atomic E-state index is 0.542. The highest BCUT2D eigenvalue weighted by atomic mass is 32.2. The van der Waals surface area contributed by atoms with Crippen molar-refractivity contribution in [1.82, 2.24) is 9.55 Å². The summed E-state index contributed by atoms with van der Waals surface area (Å²) in [6.45, 7) is 0.777. The standard InChI is InChI=1S/C14H15N3OS/c1-18-13-5-3-12(4-6-13)11-17-9-8-16-14(17)19-10-2-7-15/h3-6,8-9H,2,10-11H2,1H3. The number of rotatable bonds is 6. The zero-order valence-electron chi connectivity index (χ0n) is 10.7. The summed E-state index contributed by atoms with van der Waals surface area (Å²) in [5.74, 6) is 1.63. The van der Waals surface area contributed by atoms with Gasteiger partial charge in [-0.05, 0) is 17.7 Å². The molecule has 0 atom stereocenters. The molecule has 0 fully saturated rings. The van der Waals surface area contributed by atoms with Gasteiger partial charge in [0.1, 0.15) is 5.75 Å². The molecule has 0 spiro atoms. The van der Waals surface area contributed by atoms with Gasteiger partial charge in [0, 0.05) is 31.1 Å². The smallest absolute Gasteiger partial charge is 0.168 e. The predicted molar refractivity (Wildman–Crippen MR) is 75.3 cm³/mol. The molecule has 0 unspecified atom stereocenters. The fraction of sp³-hybridized carbons (Fsp3) is 0.286. The molecule has 0 aliphatic rings. The van der Waals surface area contributed by atoms with Crippen molar-refractivity contribution >= 4 is 11.8 Å². The van der Waals surface area contributed by atoms with Gasteiger partial charge >= 0.3 is 0 Å². The maximum absolute atomic E-state index is 8.55. The van der Waals surface area contributed by atoms with Crippen LogP contribution in [0.2, 0.25) is 0 Å². The van der Waals surface area contributed by atoms with Crippen LogP contribution >= 0.6 is 11.8 Å². The van der Waals surface area contributed by atoms with Crippen molar-refractivity contribution in [2.24, 2.45) is 0 Å². The molecular weight excluding hydrogens is 258 g/mol. The van der Waals surface area contributed by atoms with Crippen LogP contribution in [-0.2, 0) is 6.54 Å². The molecule has 0 saturated heterocycles. The molecule has 0 saturated carbocycles. The number of thioether (sulfide) groups is 1. The van der Waals surface area contributed by atoms with E-state index < -0.39 is 0 Å². The quantitative estimate of drug-likeness (QED) is 0.600. The molecule has 0 N–H and O–H groups in total. The van der Waals surface area contributed by atoms with Gasteiger partial charge in [0.05, 0.1) is 13.2 Å². The Kier molecular flexibility index (Phi) is 4.87. The van der Waals surface area contributed by atoms with E-state index in [0.29, 0.717) is 6.42 Å². The Labute approximate surface area is 117 Å². The van der Waals surface area contributed by atoms with E-state index in [0.717, 1.165) is 23.2 Å². The second-order valence-electron chi connectivity index (χ2n) is 3.94. The Morgan fingerprint density at radius 3 is 2.84 bits per heavy atom. The van der Waals surface area contributed by atoms with Crippen LogP contribution < -0.4 is 4.74 Å². The van der Waals surface area contributed by atoms with E-state index in [2.05, 4.69) is 15.6 Å². The summed E-state index contributed by atoms with van der Waals surface area (Å²) < 4.78 is 7.23. The highest BCUT2D eigenvalue weighted by Crippen LogP contribution is 2.19. The number of nitriles is 1. The molecule has 0 bridgehead atoms. The van der Waals surface area contributed by atoms with Crippen molar-refractivity contribution < 1.29 is 4.74 Å². The van der Waals surface area contributed by atoms with Crippen LogP contribution in [-0.4, -0.2) is 22.4 Å². The third kappa shape index (κ3) is 3.76. The molecule has 5 heteroatoms. The van der Waals surface area contributed by atoms with Crippen molar-refractivity contribution in [1.29, 1.82) is 5.26 Å².